The summed E-state index contributed by atoms with van der Waals surface area (Å²) in [6, 6.07) is 28.8. The van der Waals surface area contributed by atoms with Crippen LogP contribution in [0.25, 0.3) is 0 Å². The van der Waals surface area contributed by atoms with Crippen LogP contribution in [0.2, 0.25) is 0 Å². The summed E-state index contributed by atoms with van der Waals surface area (Å²) in [7, 11) is 0. The zero-order valence-corrected chi connectivity index (χ0v) is 24.0. The largest absolute Gasteiger partial charge is 0.298 e. The van der Waals surface area contributed by atoms with Crippen molar-refractivity contribution in [3.8, 4) is 0 Å². The molecule has 1 saturated heterocycles. The quantitative estimate of drug-likeness (QED) is 0.276. The number of hydrogen-bond donors (Lipinski definition) is 0. The van der Waals surface area contributed by atoms with Crippen LogP contribution in [0.15, 0.2) is 78.9 Å². The lowest BCUT2D eigenvalue weighted by Crippen LogP contribution is -2.27. The molecular formula is C35H47NO. The van der Waals surface area contributed by atoms with Gasteiger partial charge in [-0.3, -0.25) is 9.69 Å². The second kappa shape index (κ2) is 13.7. The molecule has 0 N–H and O–H groups in total. The van der Waals surface area contributed by atoms with E-state index in [1.165, 1.54) is 27.8 Å². The van der Waals surface area contributed by atoms with E-state index < -0.39 is 0 Å². The number of rotatable bonds is 9. The first-order valence-corrected chi connectivity index (χ1v) is 14.3. The van der Waals surface area contributed by atoms with Crippen molar-refractivity contribution in [3.63, 3.8) is 0 Å². The molecule has 37 heavy (non-hydrogen) atoms. The molecule has 3 aromatic carbocycles. The van der Waals surface area contributed by atoms with Gasteiger partial charge in [-0.25, -0.2) is 0 Å². The monoisotopic (exact) mass is 497 g/mol. The number of unbranched alkanes of at least 4 members (excludes halogenated alkanes) is 1. The van der Waals surface area contributed by atoms with Gasteiger partial charge in [0.15, 0.2) is 5.78 Å². The third-order valence-corrected chi connectivity index (χ3v) is 7.53. The van der Waals surface area contributed by atoms with E-state index in [1.54, 1.807) is 0 Å². The Morgan fingerprint density at radius 3 is 2.03 bits per heavy atom. The molecule has 2 nitrogen and oxygen atoms in total. The number of likely N-dealkylation sites (tertiary alicyclic amines) is 1. The molecule has 1 aliphatic heterocycles. The highest BCUT2D eigenvalue weighted by Crippen LogP contribution is 2.39. The van der Waals surface area contributed by atoms with Crippen molar-refractivity contribution in [2.75, 3.05) is 13.1 Å². The van der Waals surface area contributed by atoms with Crippen LogP contribution in [0.5, 0.6) is 0 Å². The Balaban J connectivity index is 0.00000186. The minimum absolute atomic E-state index is 0.0610. The molecule has 1 fully saturated rings. The molecule has 1 aliphatic rings. The number of carbonyl (C=O) groups is 1. The zero-order chi connectivity index (χ0) is 26.8. The molecule has 2 heteroatoms. The van der Waals surface area contributed by atoms with Crippen molar-refractivity contribution in [2.24, 2.45) is 5.92 Å². The number of nitrogens with zero attached hydrogens (tertiary/aromatic N) is 1. The van der Waals surface area contributed by atoms with Gasteiger partial charge in [-0.05, 0) is 73.2 Å². The molecular weight excluding hydrogens is 450 g/mol. The van der Waals surface area contributed by atoms with Crippen LogP contribution in [0.1, 0.15) is 87.7 Å². The van der Waals surface area contributed by atoms with Crippen LogP contribution in [-0.4, -0.2) is 23.8 Å². The molecule has 0 aromatic heterocycles. The molecule has 198 valence electrons. The summed E-state index contributed by atoms with van der Waals surface area (Å²) in [5, 5.41) is 0. The van der Waals surface area contributed by atoms with Gasteiger partial charge < -0.3 is 0 Å². The number of ketones is 1. The van der Waals surface area contributed by atoms with E-state index in [0.717, 1.165) is 38.6 Å². The van der Waals surface area contributed by atoms with E-state index in [4.69, 9.17) is 0 Å². The van der Waals surface area contributed by atoms with Gasteiger partial charge in [-0.15, -0.1) is 0 Å². The molecule has 3 aromatic rings. The number of carbonyl (C=O) groups excluding carboxylic acids is 1. The number of Topliss-reactive ketones (excluding diaryl/α,β-unsaturated/α-hetero) is 1. The summed E-state index contributed by atoms with van der Waals surface area (Å²) < 4.78 is 0. The van der Waals surface area contributed by atoms with E-state index in [2.05, 4.69) is 111 Å². The average molecular weight is 498 g/mol. The second-order valence-corrected chi connectivity index (χ2v) is 11.3. The lowest BCUT2D eigenvalue weighted by atomic mass is 9.84. The molecule has 4 rings (SSSR count). The fraction of sp³-hybridized carbons (Fsp3) is 0.457. The lowest BCUT2D eigenvalue weighted by molar-refractivity contribution is -0.120. The van der Waals surface area contributed by atoms with Crippen LogP contribution in [0.4, 0.5) is 0 Å². The van der Waals surface area contributed by atoms with E-state index in [1.807, 2.05) is 13.8 Å². The molecule has 0 bridgehead atoms. The van der Waals surface area contributed by atoms with E-state index in [0.29, 0.717) is 12.3 Å². The molecule has 0 aliphatic carbocycles. The van der Waals surface area contributed by atoms with Crippen LogP contribution in [0, 0.1) is 12.8 Å². The Labute approximate surface area is 226 Å². The Kier molecular flexibility index (Phi) is 10.7. The van der Waals surface area contributed by atoms with Gasteiger partial charge in [-0.1, -0.05) is 119 Å². The predicted octanol–water partition coefficient (Wildman–Crippen LogP) is 8.52. The normalized spacial score (nSPS) is 17.9. The van der Waals surface area contributed by atoms with Crippen LogP contribution in [-0.2, 0) is 23.1 Å². The average Bonchev–Trinajstić information content (AvgIpc) is 3.22. The van der Waals surface area contributed by atoms with Gasteiger partial charge >= 0.3 is 0 Å². The number of aryl methyl sites for hydroxylation is 3. The Bertz CT molecular complexity index is 1080. The minimum atomic E-state index is 0.0610. The first kappa shape index (κ1) is 28.9. The predicted molar refractivity (Wildman–Crippen MR) is 158 cm³/mol. The molecule has 0 radical (unpaired) electrons. The van der Waals surface area contributed by atoms with Crippen molar-refractivity contribution in [2.45, 2.75) is 85.1 Å². The summed E-state index contributed by atoms with van der Waals surface area (Å²) >= 11 is 0. The highest BCUT2D eigenvalue weighted by atomic mass is 16.1. The van der Waals surface area contributed by atoms with Gasteiger partial charge in [0.2, 0.25) is 0 Å². The molecule has 2 unspecified atom stereocenters. The number of benzene rings is 3. The van der Waals surface area contributed by atoms with Crippen molar-refractivity contribution < 1.29 is 4.79 Å². The fourth-order valence-corrected chi connectivity index (χ4v) is 5.37. The third kappa shape index (κ3) is 8.14. The summed E-state index contributed by atoms with van der Waals surface area (Å²) in [6.07, 6.45) is 5.23. The number of hydrogen-bond acceptors (Lipinski definition) is 2. The Hall–Kier alpha value is -2.71. The fourth-order valence-electron chi connectivity index (χ4n) is 5.37. The molecule has 1 heterocycles. The van der Waals surface area contributed by atoms with E-state index in [-0.39, 0.29) is 17.4 Å². The summed E-state index contributed by atoms with van der Waals surface area (Å²) in [6.45, 7) is 14.4. The Morgan fingerprint density at radius 1 is 0.784 bits per heavy atom. The SMILES string of the molecule is CC.Cc1ccc(CCC2C(=O)CN(CCCCc3ccccc3)C2c2ccc(C(C)(C)C)cc2)cc1. The maximum Gasteiger partial charge on any atom is 0.151 e. The summed E-state index contributed by atoms with van der Waals surface area (Å²) in [5.41, 5.74) is 6.77. The first-order valence-electron chi connectivity index (χ1n) is 14.3. The maximum atomic E-state index is 13.3. The van der Waals surface area contributed by atoms with Crippen LogP contribution < -0.4 is 0 Å². The van der Waals surface area contributed by atoms with Crippen molar-refractivity contribution in [3.05, 3.63) is 107 Å². The van der Waals surface area contributed by atoms with Gasteiger partial charge in [0.1, 0.15) is 0 Å². The van der Waals surface area contributed by atoms with Crippen LogP contribution >= 0.6 is 0 Å². The van der Waals surface area contributed by atoms with E-state index >= 15 is 0 Å². The molecule has 0 saturated carbocycles. The Morgan fingerprint density at radius 2 is 1.41 bits per heavy atom. The van der Waals surface area contributed by atoms with Crippen LogP contribution in [0.3, 0.4) is 0 Å². The topological polar surface area (TPSA) is 20.3 Å². The zero-order valence-electron chi connectivity index (χ0n) is 24.0. The highest BCUT2D eigenvalue weighted by Gasteiger charge is 2.40. The molecule has 0 spiro atoms. The molecule has 2 atom stereocenters. The summed E-state index contributed by atoms with van der Waals surface area (Å²) in [4.78, 5) is 15.7. The van der Waals surface area contributed by atoms with Gasteiger partial charge in [0.25, 0.3) is 0 Å². The highest BCUT2D eigenvalue weighted by molar-refractivity contribution is 5.86. The maximum absolute atomic E-state index is 13.3. The smallest absolute Gasteiger partial charge is 0.151 e. The van der Waals surface area contributed by atoms with Crippen molar-refractivity contribution in [1.29, 1.82) is 0 Å². The van der Waals surface area contributed by atoms with Gasteiger partial charge in [0.05, 0.1) is 6.54 Å². The van der Waals surface area contributed by atoms with Crippen molar-refractivity contribution in [1.82, 2.24) is 4.90 Å². The first-order chi connectivity index (χ1) is 17.8. The third-order valence-electron chi connectivity index (χ3n) is 7.53. The second-order valence-electron chi connectivity index (χ2n) is 11.3. The van der Waals surface area contributed by atoms with Crippen molar-refractivity contribution >= 4 is 5.78 Å². The standard InChI is InChI=1S/C33H41NO.C2H6/c1-25-13-15-27(16-14-25)17-22-30-31(35)24-34(23-9-8-12-26-10-6-5-7-11-26)32(30)28-18-20-29(21-19-28)33(2,3)4;1-2/h5-7,10-11,13-16,18-21,30,32H,8-9,12,17,22-24H2,1-4H3;1-2H3. The minimum Gasteiger partial charge on any atom is -0.298 e. The lowest BCUT2D eigenvalue weighted by Gasteiger charge is -2.29. The summed E-state index contributed by atoms with van der Waals surface area (Å²) in [5.74, 6) is 0.469. The van der Waals surface area contributed by atoms with Gasteiger partial charge in [0, 0.05) is 12.0 Å². The van der Waals surface area contributed by atoms with E-state index in [9.17, 15) is 4.79 Å². The van der Waals surface area contributed by atoms with Gasteiger partial charge in [-0.2, -0.15) is 0 Å². The molecule has 0 amide bonds.